The van der Waals surface area contributed by atoms with E-state index in [1.807, 2.05) is 36.4 Å². The molecule has 0 amide bonds. The molecule has 29 heavy (non-hydrogen) atoms. The molecule has 0 aromatic heterocycles. The molecule has 6 rings (SSSR count). The van der Waals surface area contributed by atoms with Crippen LogP contribution in [-0.4, -0.2) is 17.3 Å². The van der Waals surface area contributed by atoms with E-state index < -0.39 is 0 Å². The lowest BCUT2D eigenvalue weighted by atomic mass is 9.60. The molecule has 142 valence electrons. The first-order valence-corrected chi connectivity index (χ1v) is 9.81. The van der Waals surface area contributed by atoms with Gasteiger partial charge in [-0.15, -0.1) is 0 Å². The normalized spacial score (nSPS) is 17.9. The van der Waals surface area contributed by atoms with Crippen LogP contribution in [0.5, 0.6) is 0 Å². The van der Waals surface area contributed by atoms with Crippen molar-refractivity contribution in [3.8, 4) is 0 Å². The number of benzene rings is 3. The summed E-state index contributed by atoms with van der Waals surface area (Å²) in [6, 6.07) is 17.8. The molecular weight excluding hydrogens is 360 g/mol. The van der Waals surface area contributed by atoms with Gasteiger partial charge in [0.1, 0.15) is 0 Å². The predicted octanol–water partition coefficient (Wildman–Crippen LogP) is 5.28. The van der Waals surface area contributed by atoms with Gasteiger partial charge in [-0.25, -0.2) is 0 Å². The molecule has 3 aromatic rings. The van der Waals surface area contributed by atoms with Crippen LogP contribution in [0.1, 0.15) is 97.1 Å². The Bertz CT molecular complexity index is 1090. The molecule has 3 aliphatic carbocycles. The summed E-state index contributed by atoms with van der Waals surface area (Å²) in [6.07, 6.45) is 0. The summed E-state index contributed by atoms with van der Waals surface area (Å²) >= 11 is 0. The van der Waals surface area contributed by atoms with Crippen molar-refractivity contribution in [1.82, 2.24) is 0 Å². The molecule has 0 radical (unpaired) electrons. The molecule has 0 fully saturated rings. The van der Waals surface area contributed by atoms with Crippen LogP contribution in [0.4, 0.5) is 0 Å². The Morgan fingerprint density at radius 1 is 0.483 bits per heavy atom. The van der Waals surface area contributed by atoms with Crippen molar-refractivity contribution >= 4 is 17.3 Å². The molecule has 0 unspecified atom stereocenters. The summed E-state index contributed by atoms with van der Waals surface area (Å²) in [7, 11) is 0. The Morgan fingerprint density at radius 3 is 1.03 bits per heavy atom. The summed E-state index contributed by atoms with van der Waals surface area (Å²) in [5.41, 5.74) is 8.96. The van der Waals surface area contributed by atoms with Crippen LogP contribution in [0.15, 0.2) is 54.6 Å². The minimum atomic E-state index is -0.0853. The van der Waals surface area contributed by atoms with Crippen molar-refractivity contribution in [3.05, 3.63) is 105 Å². The fourth-order valence-electron chi connectivity index (χ4n) is 4.93. The zero-order chi connectivity index (χ0) is 20.4. The van der Waals surface area contributed by atoms with Gasteiger partial charge in [-0.1, -0.05) is 36.4 Å². The van der Waals surface area contributed by atoms with E-state index in [2.05, 4.69) is 18.2 Å². The van der Waals surface area contributed by atoms with Gasteiger partial charge in [-0.3, -0.25) is 14.4 Å². The monoisotopic (exact) mass is 380 g/mol. The van der Waals surface area contributed by atoms with Crippen molar-refractivity contribution in [2.75, 3.05) is 0 Å². The highest BCUT2D eigenvalue weighted by atomic mass is 16.1. The molecule has 0 N–H and O–H groups in total. The lowest BCUT2D eigenvalue weighted by Crippen LogP contribution is -2.28. The van der Waals surface area contributed by atoms with Gasteiger partial charge < -0.3 is 0 Å². The van der Waals surface area contributed by atoms with E-state index in [4.69, 9.17) is 0 Å². The standard InChI is InChI=1S/C26H20O3/c1-13(27)16-4-7-19-22(10-16)26-23-11-17(14(2)28)5-8-20(23)25(19)21-9-6-18(15(3)29)12-24(21)26/h4-12,25-26H,1-3H3. The Kier molecular flexibility index (Phi) is 3.72. The summed E-state index contributed by atoms with van der Waals surface area (Å²) in [6.45, 7) is 4.73. The molecule has 3 heteroatoms. The highest BCUT2D eigenvalue weighted by molar-refractivity contribution is 5.97. The van der Waals surface area contributed by atoms with E-state index in [0.29, 0.717) is 16.7 Å². The zero-order valence-electron chi connectivity index (χ0n) is 16.6. The second kappa shape index (κ2) is 6.08. The number of carbonyl (C=O) groups excluding carboxylic acids is 3. The molecule has 0 atom stereocenters. The van der Waals surface area contributed by atoms with E-state index in [-0.39, 0.29) is 29.2 Å². The molecule has 3 nitrogen and oxygen atoms in total. The summed E-state index contributed by atoms with van der Waals surface area (Å²) < 4.78 is 0. The van der Waals surface area contributed by atoms with Crippen LogP contribution in [0.3, 0.4) is 0 Å². The van der Waals surface area contributed by atoms with Gasteiger partial charge >= 0.3 is 0 Å². The molecule has 0 spiro atoms. The van der Waals surface area contributed by atoms with E-state index in [1.165, 1.54) is 16.7 Å². The van der Waals surface area contributed by atoms with Crippen LogP contribution < -0.4 is 0 Å². The molecular formula is C26H20O3. The minimum absolute atomic E-state index is 0.0321. The van der Waals surface area contributed by atoms with Crippen molar-refractivity contribution < 1.29 is 14.4 Å². The van der Waals surface area contributed by atoms with Crippen molar-refractivity contribution in [2.45, 2.75) is 32.6 Å². The van der Waals surface area contributed by atoms with E-state index in [9.17, 15) is 14.4 Å². The smallest absolute Gasteiger partial charge is 0.159 e. The average Bonchev–Trinajstić information content (AvgIpc) is 2.71. The predicted molar refractivity (Wildman–Crippen MR) is 111 cm³/mol. The molecule has 0 saturated carbocycles. The lowest BCUT2D eigenvalue weighted by Gasteiger charge is -2.42. The maximum atomic E-state index is 12.0. The molecule has 0 saturated heterocycles. The molecule has 2 bridgehead atoms. The number of rotatable bonds is 3. The number of ketones is 3. The SMILES string of the molecule is CC(=O)c1ccc2c(c1)C1c3cc(C(C)=O)ccc3C2c2ccc(C(C)=O)cc21. The average molecular weight is 380 g/mol. The quantitative estimate of drug-likeness (QED) is 0.400. The van der Waals surface area contributed by atoms with E-state index in [0.717, 1.165) is 16.7 Å². The Hall–Kier alpha value is -3.33. The first-order chi connectivity index (χ1) is 13.9. The van der Waals surface area contributed by atoms with Gasteiger partial charge in [0.05, 0.1) is 0 Å². The highest BCUT2D eigenvalue weighted by Crippen LogP contribution is 2.56. The Balaban J connectivity index is 1.83. The summed E-state index contributed by atoms with van der Waals surface area (Å²) in [5.74, 6) is 0.0555. The zero-order valence-corrected chi connectivity index (χ0v) is 16.6. The van der Waals surface area contributed by atoms with Crippen molar-refractivity contribution in [1.29, 1.82) is 0 Å². The first-order valence-electron chi connectivity index (χ1n) is 9.81. The summed E-state index contributed by atoms with van der Waals surface area (Å²) in [5, 5.41) is 0. The topological polar surface area (TPSA) is 51.2 Å². The number of hydrogen-bond donors (Lipinski definition) is 0. The molecule has 0 heterocycles. The van der Waals surface area contributed by atoms with Gasteiger partial charge in [0.15, 0.2) is 17.3 Å². The maximum absolute atomic E-state index is 12.0. The first kappa shape index (κ1) is 17.7. The minimum Gasteiger partial charge on any atom is -0.295 e. The second-order valence-corrected chi connectivity index (χ2v) is 8.07. The molecule has 3 aliphatic rings. The Morgan fingerprint density at radius 2 is 0.759 bits per heavy atom. The lowest BCUT2D eigenvalue weighted by molar-refractivity contribution is 0.100. The van der Waals surface area contributed by atoms with E-state index >= 15 is 0 Å². The Labute approximate surface area is 169 Å². The largest absolute Gasteiger partial charge is 0.295 e. The second-order valence-electron chi connectivity index (χ2n) is 8.07. The third kappa shape index (κ3) is 2.47. The van der Waals surface area contributed by atoms with Crippen LogP contribution in [-0.2, 0) is 0 Å². The number of Topliss-reactive ketones (excluding diaryl/α,β-unsaturated/α-hetero) is 3. The van der Waals surface area contributed by atoms with E-state index in [1.54, 1.807) is 20.8 Å². The fraction of sp³-hybridized carbons (Fsp3) is 0.192. The third-order valence-corrected chi connectivity index (χ3v) is 6.35. The fourth-order valence-corrected chi connectivity index (χ4v) is 4.93. The maximum Gasteiger partial charge on any atom is 0.159 e. The number of hydrogen-bond acceptors (Lipinski definition) is 3. The van der Waals surface area contributed by atoms with Crippen LogP contribution in [0, 0.1) is 0 Å². The highest BCUT2D eigenvalue weighted by Gasteiger charge is 2.41. The van der Waals surface area contributed by atoms with Gasteiger partial charge in [0.25, 0.3) is 0 Å². The van der Waals surface area contributed by atoms with Gasteiger partial charge in [-0.2, -0.15) is 0 Å². The molecule has 3 aromatic carbocycles. The van der Waals surface area contributed by atoms with Crippen LogP contribution >= 0.6 is 0 Å². The molecule has 0 aliphatic heterocycles. The van der Waals surface area contributed by atoms with Gasteiger partial charge in [-0.05, 0) is 72.4 Å². The number of carbonyl (C=O) groups is 3. The van der Waals surface area contributed by atoms with Crippen LogP contribution in [0.25, 0.3) is 0 Å². The van der Waals surface area contributed by atoms with Crippen molar-refractivity contribution in [3.63, 3.8) is 0 Å². The van der Waals surface area contributed by atoms with Crippen LogP contribution in [0.2, 0.25) is 0 Å². The third-order valence-electron chi connectivity index (χ3n) is 6.35. The van der Waals surface area contributed by atoms with Gasteiger partial charge in [0.2, 0.25) is 0 Å². The summed E-state index contributed by atoms with van der Waals surface area (Å²) in [4.78, 5) is 36.1. The van der Waals surface area contributed by atoms with Crippen molar-refractivity contribution in [2.24, 2.45) is 0 Å². The van der Waals surface area contributed by atoms with Gasteiger partial charge in [0, 0.05) is 28.5 Å².